The molecule has 0 spiro atoms. The van der Waals surface area contributed by atoms with E-state index in [1.54, 1.807) is 0 Å². The molecule has 0 saturated heterocycles. The molecule has 0 radical (unpaired) electrons. The Kier molecular flexibility index (Phi) is 1.29. The fourth-order valence-corrected chi connectivity index (χ4v) is 0.477. The van der Waals surface area contributed by atoms with Gasteiger partial charge in [0.2, 0.25) is 5.69 Å². The highest BCUT2D eigenvalue weighted by molar-refractivity contribution is 5.83. The highest BCUT2D eigenvalue weighted by Crippen LogP contribution is 1.94. The van der Waals surface area contributed by atoms with Gasteiger partial charge >= 0.3 is 0 Å². The Bertz CT molecular complexity index is 266. The Hall–Kier alpha value is -1.59. The van der Waals surface area contributed by atoms with E-state index in [2.05, 4.69) is 9.79 Å². The van der Waals surface area contributed by atoms with E-state index in [-0.39, 0.29) is 10.6 Å². The number of carboxylic acid groups (broad SMARTS) is 1. The zero-order valence-electron chi connectivity index (χ0n) is 5.03. The summed E-state index contributed by atoms with van der Waals surface area (Å²) < 4.78 is 3.95. The van der Waals surface area contributed by atoms with Gasteiger partial charge in [-0.25, -0.2) is 0 Å². The van der Waals surface area contributed by atoms with Crippen molar-refractivity contribution in [2.45, 2.75) is 6.92 Å². The van der Waals surface area contributed by atoms with Crippen LogP contribution in [0.2, 0.25) is 0 Å². The number of hydrogen-bond donors (Lipinski definition) is 0. The Morgan fingerprint density at radius 3 is 2.60 bits per heavy atom. The zero-order chi connectivity index (χ0) is 7.72. The molecule has 54 valence electrons. The molecule has 6 nitrogen and oxygen atoms in total. The summed E-state index contributed by atoms with van der Waals surface area (Å²) in [4.78, 5) is 10.1. The van der Waals surface area contributed by atoms with E-state index in [0.717, 1.165) is 0 Å². The fourth-order valence-electron chi connectivity index (χ4n) is 0.477. The molecule has 0 amide bonds. The number of aromatic nitrogens is 2. The SMILES string of the molecule is Cc1c(C(=O)[O-])no[n+]1[O-]. The molecule has 10 heavy (non-hydrogen) atoms. The van der Waals surface area contributed by atoms with Gasteiger partial charge in [0, 0.05) is 12.1 Å². The molecule has 0 aromatic carbocycles. The van der Waals surface area contributed by atoms with Crippen LogP contribution < -0.4 is 10.0 Å². The average Bonchev–Trinajstić information content (AvgIpc) is 2.14. The Morgan fingerprint density at radius 1 is 1.80 bits per heavy atom. The number of nitrogens with zero attached hydrogens (tertiary/aromatic N) is 2. The fraction of sp³-hybridized carbons (Fsp3) is 0.250. The Morgan fingerprint density at radius 2 is 2.40 bits per heavy atom. The van der Waals surface area contributed by atoms with Gasteiger partial charge in [-0.05, 0) is 4.90 Å². The number of carbonyl (C=O) groups is 1. The molecule has 0 aliphatic heterocycles. The summed E-state index contributed by atoms with van der Waals surface area (Å²) in [7, 11) is 0. The number of hydrogen-bond acceptors (Lipinski definition) is 5. The van der Waals surface area contributed by atoms with Crippen LogP contribution in [0.5, 0.6) is 0 Å². The summed E-state index contributed by atoms with van der Waals surface area (Å²) in [6.45, 7) is 1.27. The molecular formula is C4H3N2O4-. The molecule has 1 rings (SSSR count). The third-order valence-electron chi connectivity index (χ3n) is 1.02. The van der Waals surface area contributed by atoms with Crippen molar-refractivity contribution in [3.63, 3.8) is 0 Å². The first-order valence-electron chi connectivity index (χ1n) is 2.40. The van der Waals surface area contributed by atoms with Gasteiger partial charge in [-0.3, -0.25) is 4.63 Å². The maximum atomic E-state index is 10.3. The van der Waals surface area contributed by atoms with E-state index in [4.69, 9.17) is 0 Å². The lowest BCUT2D eigenvalue weighted by Gasteiger charge is -1.89. The molecular weight excluding hydrogens is 140 g/mol. The topological polar surface area (TPSA) is 93.1 Å². The quantitative estimate of drug-likeness (QED) is 0.423. The van der Waals surface area contributed by atoms with E-state index in [9.17, 15) is 15.1 Å². The van der Waals surface area contributed by atoms with Crippen molar-refractivity contribution in [2.75, 3.05) is 0 Å². The molecule has 1 aromatic rings. The largest absolute Gasteiger partial charge is 0.541 e. The average molecular weight is 143 g/mol. The van der Waals surface area contributed by atoms with Gasteiger partial charge in [-0.2, -0.15) is 0 Å². The second-order valence-electron chi connectivity index (χ2n) is 1.65. The number of carboxylic acids is 1. The van der Waals surface area contributed by atoms with Gasteiger partial charge in [0.25, 0.3) is 5.69 Å². The van der Waals surface area contributed by atoms with Crippen molar-refractivity contribution in [1.82, 2.24) is 5.16 Å². The van der Waals surface area contributed by atoms with Crippen LogP contribution in [0.3, 0.4) is 0 Å². The van der Waals surface area contributed by atoms with Crippen LogP contribution in [-0.4, -0.2) is 11.1 Å². The zero-order valence-corrected chi connectivity index (χ0v) is 5.03. The Balaban J connectivity index is 3.17. The minimum Gasteiger partial charge on any atom is -0.541 e. The molecule has 0 bridgehead atoms. The molecule has 0 N–H and O–H groups in total. The van der Waals surface area contributed by atoms with Crippen molar-refractivity contribution in [2.24, 2.45) is 0 Å². The molecule has 1 heterocycles. The van der Waals surface area contributed by atoms with Crippen LogP contribution >= 0.6 is 0 Å². The van der Waals surface area contributed by atoms with Crippen LogP contribution in [0, 0.1) is 12.1 Å². The van der Waals surface area contributed by atoms with Crippen molar-refractivity contribution < 1.29 is 19.4 Å². The monoisotopic (exact) mass is 143 g/mol. The van der Waals surface area contributed by atoms with Gasteiger partial charge in [0.1, 0.15) is 5.97 Å². The molecule has 0 aliphatic rings. The van der Waals surface area contributed by atoms with Crippen molar-refractivity contribution >= 4 is 5.97 Å². The van der Waals surface area contributed by atoms with E-state index < -0.39 is 11.7 Å². The second-order valence-corrected chi connectivity index (χ2v) is 1.65. The smallest absolute Gasteiger partial charge is 0.266 e. The standard InChI is InChI=1S/C4H4N2O4/c1-2-3(4(7)8)5-10-6(2)9/h1H3,(H,7,8)/p-1. The predicted octanol–water partition coefficient (Wildman–Crippen LogP) is -2.02. The lowest BCUT2D eigenvalue weighted by Crippen LogP contribution is -2.29. The lowest BCUT2D eigenvalue weighted by atomic mass is 10.3. The molecule has 0 fully saturated rings. The summed E-state index contributed by atoms with van der Waals surface area (Å²) in [5, 5.41) is 23.3. The minimum atomic E-state index is -1.52. The normalized spacial score (nSPS) is 9.70. The summed E-state index contributed by atoms with van der Waals surface area (Å²) >= 11 is 0. The minimum absolute atomic E-state index is 0.00509. The maximum Gasteiger partial charge on any atom is 0.266 e. The van der Waals surface area contributed by atoms with E-state index >= 15 is 0 Å². The van der Waals surface area contributed by atoms with Crippen molar-refractivity contribution in [3.05, 3.63) is 16.6 Å². The third-order valence-corrected chi connectivity index (χ3v) is 1.02. The summed E-state index contributed by atoms with van der Waals surface area (Å²) in [5.41, 5.74) is -0.574. The highest BCUT2D eigenvalue weighted by atomic mass is 16.8. The number of aromatic carboxylic acids is 1. The van der Waals surface area contributed by atoms with Crippen LogP contribution in [-0.2, 0) is 0 Å². The van der Waals surface area contributed by atoms with Gasteiger partial charge in [-0.1, -0.05) is 0 Å². The molecule has 0 unspecified atom stereocenters. The maximum absolute atomic E-state index is 10.3. The van der Waals surface area contributed by atoms with E-state index in [1.165, 1.54) is 6.92 Å². The van der Waals surface area contributed by atoms with Crippen LogP contribution in [0.4, 0.5) is 0 Å². The van der Waals surface area contributed by atoms with E-state index in [0.29, 0.717) is 0 Å². The molecule has 0 atom stereocenters. The van der Waals surface area contributed by atoms with Crippen molar-refractivity contribution in [1.29, 1.82) is 0 Å². The van der Waals surface area contributed by atoms with Crippen LogP contribution in [0.15, 0.2) is 4.63 Å². The summed E-state index contributed by atoms with van der Waals surface area (Å²) in [6, 6.07) is 0. The predicted molar refractivity (Wildman–Crippen MR) is 24.5 cm³/mol. The summed E-state index contributed by atoms with van der Waals surface area (Å²) in [6.07, 6.45) is 0. The van der Waals surface area contributed by atoms with Crippen LogP contribution in [0.25, 0.3) is 0 Å². The van der Waals surface area contributed by atoms with Gasteiger partial charge < -0.3 is 15.1 Å². The number of rotatable bonds is 1. The Labute approximate surface area is 55.2 Å². The molecule has 0 aliphatic carbocycles. The highest BCUT2D eigenvalue weighted by Gasteiger charge is 2.13. The van der Waals surface area contributed by atoms with Crippen molar-refractivity contribution in [3.8, 4) is 0 Å². The molecule has 1 aromatic heterocycles. The lowest BCUT2D eigenvalue weighted by molar-refractivity contribution is -0.806. The third kappa shape index (κ3) is 0.790. The first-order chi connectivity index (χ1) is 4.63. The molecule has 6 heteroatoms. The first kappa shape index (κ1) is 6.53. The van der Waals surface area contributed by atoms with Crippen LogP contribution in [0.1, 0.15) is 16.2 Å². The molecule has 0 saturated carbocycles. The number of carbonyl (C=O) groups excluding carboxylic acids is 1. The van der Waals surface area contributed by atoms with Gasteiger partial charge in [0.15, 0.2) is 0 Å². The van der Waals surface area contributed by atoms with Gasteiger partial charge in [-0.15, -0.1) is 0 Å². The van der Waals surface area contributed by atoms with E-state index in [1.807, 2.05) is 0 Å². The second kappa shape index (κ2) is 1.98. The first-order valence-corrected chi connectivity index (χ1v) is 2.40. The summed E-state index contributed by atoms with van der Waals surface area (Å²) in [5.74, 6) is -1.52. The van der Waals surface area contributed by atoms with Gasteiger partial charge in [0.05, 0.1) is 0 Å².